The van der Waals surface area contributed by atoms with Crippen molar-refractivity contribution in [3.8, 4) is 0 Å². The zero-order chi connectivity index (χ0) is 22.1. The van der Waals surface area contributed by atoms with E-state index in [1.165, 1.54) is 30.9 Å². The summed E-state index contributed by atoms with van der Waals surface area (Å²) in [6, 6.07) is 14.2. The van der Waals surface area contributed by atoms with Crippen LogP contribution >= 0.6 is 11.6 Å². The first-order valence-corrected chi connectivity index (χ1v) is 12.0. The molecule has 3 nitrogen and oxygen atoms in total. The summed E-state index contributed by atoms with van der Waals surface area (Å²) in [5.41, 5.74) is 3.09. The number of nitrogens with zero attached hydrogens (tertiary/aromatic N) is 1. The zero-order valence-corrected chi connectivity index (χ0v) is 18.9. The van der Waals surface area contributed by atoms with E-state index in [0.29, 0.717) is 5.02 Å². The summed E-state index contributed by atoms with van der Waals surface area (Å²) in [5, 5.41) is 4.66. The van der Waals surface area contributed by atoms with Crippen LogP contribution in [0.25, 0.3) is 10.9 Å². The van der Waals surface area contributed by atoms with Crippen LogP contribution in [-0.4, -0.2) is 10.9 Å². The molecule has 1 amide bonds. The number of benzene rings is 2. The maximum absolute atomic E-state index is 13.7. The topological polar surface area (TPSA) is 42.0 Å². The Morgan fingerprint density at radius 2 is 1.91 bits per heavy atom. The quantitative estimate of drug-likeness (QED) is 0.432. The Balaban J connectivity index is 1.09. The number of aryl methyl sites for hydroxylation is 1. The molecular formula is C27H28ClFN2O. The van der Waals surface area contributed by atoms with Crippen molar-refractivity contribution in [1.82, 2.24) is 4.98 Å². The van der Waals surface area contributed by atoms with Crippen LogP contribution in [0, 0.1) is 23.1 Å². The van der Waals surface area contributed by atoms with Crippen LogP contribution in [-0.2, 0) is 11.2 Å². The molecule has 1 N–H and O–H groups in total. The molecule has 3 aromatic rings. The number of amides is 1. The van der Waals surface area contributed by atoms with Crippen molar-refractivity contribution >= 4 is 34.1 Å². The van der Waals surface area contributed by atoms with Gasteiger partial charge in [-0.2, -0.15) is 0 Å². The molecule has 1 heterocycles. The van der Waals surface area contributed by atoms with Crippen molar-refractivity contribution in [2.24, 2.45) is 17.3 Å². The van der Waals surface area contributed by atoms with Crippen molar-refractivity contribution < 1.29 is 9.18 Å². The normalized spacial score (nSPS) is 24.6. The fourth-order valence-corrected chi connectivity index (χ4v) is 5.68. The fraction of sp³-hybridized carbons (Fsp3) is 0.407. The number of carbonyl (C=O) groups excluding carboxylic acids is 1. The minimum Gasteiger partial charge on any atom is -0.326 e. The lowest BCUT2D eigenvalue weighted by atomic mass is 9.76. The molecule has 1 spiro atoms. The SMILES string of the molecule is O=C(Nc1ccc(Cl)cc1)[C@@H]1CC12CCC(CCCc1ccnc3ccc(F)cc13)CC2. The highest BCUT2D eigenvalue weighted by Gasteiger charge is 2.58. The number of hydrogen-bond acceptors (Lipinski definition) is 2. The number of carbonyl (C=O) groups is 1. The van der Waals surface area contributed by atoms with Gasteiger partial charge in [0.2, 0.25) is 5.91 Å². The highest BCUT2D eigenvalue weighted by atomic mass is 35.5. The molecule has 166 valence electrons. The summed E-state index contributed by atoms with van der Waals surface area (Å²) in [6.45, 7) is 0. The molecule has 0 radical (unpaired) electrons. The lowest BCUT2D eigenvalue weighted by Gasteiger charge is -2.29. The van der Waals surface area contributed by atoms with Crippen LogP contribution in [0.5, 0.6) is 0 Å². The van der Waals surface area contributed by atoms with Crippen molar-refractivity contribution in [3.05, 3.63) is 71.1 Å². The van der Waals surface area contributed by atoms with Gasteiger partial charge in [-0.15, -0.1) is 0 Å². The molecule has 2 aromatic carbocycles. The Bertz CT molecular complexity index is 1120. The maximum atomic E-state index is 13.7. The highest BCUT2D eigenvalue weighted by molar-refractivity contribution is 6.30. The first kappa shape index (κ1) is 21.4. The predicted octanol–water partition coefficient (Wildman–Crippen LogP) is 7.19. The van der Waals surface area contributed by atoms with E-state index < -0.39 is 0 Å². The molecular weight excluding hydrogens is 423 g/mol. The van der Waals surface area contributed by atoms with Crippen LogP contribution < -0.4 is 5.32 Å². The Morgan fingerprint density at radius 3 is 2.69 bits per heavy atom. The Labute approximate surface area is 193 Å². The molecule has 2 fully saturated rings. The van der Waals surface area contributed by atoms with Gasteiger partial charge in [-0.25, -0.2) is 4.39 Å². The van der Waals surface area contributed by atoms with E-state index in [0.717, 1.165) is 54.6 Å². The van der Waals surface area contributed by atoms with Gasteiger partial charge in [0, 0.05) is 28.2 Å². The summed E-state index contributed by atoms with van der Waals surface area (Å²) in [5.74, 6) is 0.828. The van der Waals surface area contributed by atoms with E-state index in [2.05, 4.69) is 10.3 Å². The van der Waals surface area contributed by atoms with Crippen molar-refractivity contribution in [2.45, 2.75) is 51.4 Å². The van der Waals surface area contributed by atoms with Crippen molar-refractivity contribution in [1.29, 1.82) is 0 Å². The van der Waals surface area contributed by atoms with Gasteiger partial charge in [0.15, 0.2) is 0 Å². The number of nitrogens with one attached hydrogen (secondary N) is 1. The highest BCUT2D eigenvalue weighted by Crippen LogP contribution is 2.62. The van der Waals surface area contributed by atoms with Crippen LogP contribution in [0.2, 0.25) is 5.02 Å². The molecule has 2 saturated carbocycles. The minimum absolute atomic E-state index is 0.150. The molecule has 32 heavy (non-hydrogen) atoms. The lowest BCUT2D eigenvalue weighted by Crippen LogP contribution is -2.23. The average molecular weight is 451 g/mol. The lowest BCUT2D eigenvalue weighted by molar-refractivity contribution is -0.118. The second-order valence-electron chi connectivity index (χ2n) is 9.58. The Kier molecular flexibility index (Phi) is 5.90. The number of anilines is 1. The molecule has 1 atom stereocenters. The summed E-state index contributed by atoms with van der Waals surface area (Å²) in [7, 11) is 0. The number of fused-ring (bicyclic) bond motifs is 1. The van der Waals surface area contributed by atoms with E-state index in [4.69, 9.17) is 11.6 Å². The van der Waals surface area contributed by atoms with E-state index >= 15 is 0 Å². The molecule has 0 unspecified atom stereocenters. The van der Waals surface area contributed by atoms with Crippen molar-refractivity contribution in [2.75, 3.05) is 5.32 Å². The number of halogens is 2. The molecule has 2 aliphatic carbocycles. The first-order valence-electron chi connectivity index (χ1n) is 11.6. The summed E-state index contributed by atoms with van der Waals surface area (Å²) in [6.07, 6.45) is 10.8. The van der Waals surface area contributed by atoms with E-state index in [1.807, 2.05) is 24.4 Å². The van der Waals surface area contributed by atoms with E-state index in [9.17, 15) is 9.18 Å². The Hall–Kier alpha value is -2.46. The van der Waals surface area contributed by atoms with Gasteiger partial charge in [-0.3, -0.25) is 9.78 Å². The molecule has 5 rings (SSSR count). The molecule has 5 heteroatoms. The minimum atomic E-state index is -0.205. The van der Waals surface area contributed by atoms with Crippen LogP contribution in [0.3, 0.4) is 0 Å². The number of rotatable bonds is 6. The van der Waals surface area contributed by atoms with E-state index in [-0.39, 0.29) is 23.1 Å². The molecule has 0 aliphatic heterocycles. The third kappa shape index (κ3) is 4.52. The Morgan fingerprint density at radius 1 is 1.12 bits per heavy atom. The zero-order valence-electron chi connectivity index (χ0n) is 18.1. The summed E-state index contributed by atoms with van der Waals surface area (Å²) >= 11 is 5.93. The van der Waals surface area contributed by atoms with Gasteiger partial charge in [-0.05, 0) is 110 Å². The number of pyridine rings is 1. The van der Waals surface area contributed by atoms with Crippen molar-refractivity contribution in [3.63, 3.8) is 0 Å². The van der Waals surface area contributed by atoms with Crippen LogP contribution in [0.4, 0.5) is 10.1 Å². The monoisotopic (exact) mass is 450 g/mol. The molecule has 0 bridgehead atoms. The predicted molar refractivity (Wildman–Crippen MR) is 127 cm³/mol. The third-order valence-electron chi connectivity index (χ3n) is 7.57. The van der Waals surface area contributed by atoms with Crippen LogP contribution in [0.1, 0.15) is 50.5 Å². The van der Waals surface area contributed by atoms with E-state index in [1.54, 1.807) is 24.3 Å². The molecule has 0 saturated heterocycles. The standard InChI is InChI=1S/C27H28ClFN2O/c28-20-4-7-22(8-5-20)31-26(32)24-17-27(24)13-10-18(11-14-27)2-1-3-19-12-15-30-25-9-6-21(29)16-23(19)25/h4-9,12,15-16,18,24H,1-3,10-11,13-14,17H2,(H,31,32)/t18?,24-,27?/m0/s1. The van der Waals surface area contributed by atoms with Crippen LogP contribution in [0.15, 0.2) is 54.7 Å². The van der Waals surface area contributed by atoms with Gasteiger partial charge >= 0.3 is 0 Å². The largest absolute Gasteiger partial charge is 0.326 e. The van der Waals surface area contributed by atoms with Gasteiger partial charge in [-0.1, -0.05) is 18.0 Å². The van der Waals surface area contributed by atoms with Gasteiger partial charge in [0.1, 0.15) is 5.82 Å². The number of aromatic nitrogens is 1. The fourth-order valence-electron chi connectivity index (χ4n) is 5.55. The van der Waals surface area contributed by atoms with Gasteiger partial charge in [0.25, 0.3) is 0 Å². The number of hydrogen-bond donors (Lipinski definition) is 1. The maximum Gasteiger partial charge on any atom is 0.228 e. The smallest absolute Gasteiger partial charge is 0.228 e. The third-order valence-corrected chi connectivity index (χ3v) is 7.82. The average Bonchev–Trinajstić information content (AvgIpc) is 3.50. The summed E-state index contributed by atoms with van der Waals surface area (Å²) in [4.78, 5) is 17.0. The second-order valence-corrected chi connectivity index (χ2v) is 10.0. The first-order chi connectivity index (χ1) is 15.5. The molecule has 2 aliphatic rings. The second kappa shape index (κ2) is 8.82. The molecule has 1 aromatic heterocycles. The summed E-state index contributed by atoms with van der Waals surface area (Å²) < 4.78 is 13.7. The van der Waals surface area contributed by atoms with Gasteiger partial charge < -0.3 is 5.32 Å². The van der Waals surface area contributed by atoms with Gasteiger partial charge in [0.05, 0.1) is 5.52 Å².